The Bertz CT molecular complexity index is 279. The fourth-order valence-corrected chi connectivity index (χ4v) is 0.839. The van der Waals surface area contributed by atoms with Gasteiger partial charge in [0, 0.05) is 6.07 Å². The molecule has 0 amide bonds. The van der Waals surface area contributed by atoms with Gasteiger partial charge in [-0.25, -0.2) is 0 Å². The van der Waals surface area contributed by atoms with E-state index in [9.17, 15) is 13.2 Å². The summed E-state index contributed by atoms with van der Waals surface area (Å²) >= 11 is 0. The lowest BCUT2D eigenvalue weighted by Gasteiger charge is -2.08. The first kappa shape index (κ1) is 10.7. The van der Waals surface area contributed by atoms with Gasteiger partial charge in [-0.15, -0.1) is 13.2 Å². The second-order valence-electron chi connectivity index (χ2n) is 2.37. The monoisotopic (exact) mass is 205 g/mol. The molecule has 0 spiro atoms. The third-order valence-corrected chi connectivity index (χ3v) is 1.29. The first-order valence-corrected chi connectivity index (χ1v) is 3.91. The molecule has 0 bridgehead atoms. The average Bonchev–Trinajstić information content (AvgIpc) is 2.06. The maximum atomic E-state index is 11.7. The van der Waals surface area contributed by atoms with Crippen LogP contribution in [0.25, 0.3) is 0 Å². The molecule has 0 unspecified atom stereocenters. The van der Waals surface area contributed by atoms with Crippen molar-refractivity contribution in [2.24, 2.45) is 0 Å². The van der Waals surface area contributed by atoms with E-state index < -0.39 is 6.36 Å². The van der Waals surface area contributed by atoms with Crippen molar-refractivity contribution in [3.8, 4) is 11.5 Å². The Hall–Kier alpha value is -1.39. The van der Waals surface area contributed by atoms with Gasteiger partial charge < -0.3 is 9.47 Å². The summed E-state index contributed by atoms with van der Waals surface area (Å²) in [6.45, 7) is 2.21. The minimum atomic E-state index is -4.67. The van der Waals surface area contributed by atoms with E-state index in [0.717, 1.165) is 6.07 Å². The van der Waals surface area contributed by atoms with Crippen molar-refractivity contribution in [3.63, 3.8) is 0 Å². The summed E-state index contributed by atoms with van der Waals surface area (Å²) in [4.78, 5) is 0. The molecule has 5 heteroatoms. The molecule has 0 aliphatic rings. The Morgan fingerprint density at radius 3 is 2.50 bits per heavy atom. The molecule has 0 saturated carbocycles. The highest BCUT2D eigenvalue weighted by Gasteiger charge is 2.30. The summed E-state index contributed by atoms with van der Waals surface area (Å²) in [6, 6.07) is 6.14. The summed E-state index contributed by atoms with van der Waals surface area (Å²) in [5.74, 6) is 0.0861. The molecule has 0 N–H and O–H groups in total. The zero-order valence-corrected chi connectivity index (χ0v) is 7.39. The van der Waals surface area contributed by atoms with E-state index in [4.69, 9.17) is 4.74 Å². The highest BCUT2D eigenvalue weighted by Crippen LogP contribution is 2.24. The zero-order valence-electron chi connectivity index (χ0n) is 7.39. The van der Waals surface area contributed by atoms with E-state index in [2.05, 4.69) is 10.8 Å². The summed E-state index contributed by atoms with van der Waals surface area (Å²) in [6.07, 6.45) is -4.67. The molecule has 1 aromatic rings. The maximum Gasteiger partial charge on any atom is 0.573 e. The summed E-state index contributed by atoms with van der Waals surface area (Å²) < 4.78 is 43.8. The quantitative estimate of drug-likeness (QED) is 0.755. The van der Waals surface area contributed by atoms with Gasteiger partial charge in [-0.3, -0.25) is 0 Å². The molecule has 77 valence electrons. The fraction of sp³-hybridized carbons (Fsp3) is 0.333. The number of hydrogen-bond acceptors (Lipinski definition) is 2. The van der Waals surface area contributed by atoms with Crippen molar-refractivity contribution in [1.29, 1.82) is 0 Å². The van der Waals surface area contributed by atoms with Crippen LogP contribution < -0.4 is 9.47 Å². The summed E-state index contributed by atoms with van der Waals surface area (Å²) in [7, 11) is 0. The van der Waals surface area contributed by atoms with Gasteiger partial charge in [0.25, 0.3) is 0 Å². The van der Waals surface area contributed by atoms with Gasteiger partial charge >= 0.3 is 6.36 Å². The van der Waals surface area contributed by atoms with Crippen molar-refractivity contribution >= 4 is 0 Å². The molecular weight excluding hydrogens is 197 g/mol. The first-order valence-electron chi connectivity index (χ1n) is 3.91. The van der Waals surface area contributed by atoms with Gasteiger partial charge in [0.05, 0.1) is 6.61 Å². The molecule has 1 rings (SSSR count). The largest absolute Gasteiger partial charge is 0.573 e. The minimum absolute atomic E-state index is 0.305. The molecule has 1 radical (unpaired) electrons. The average molecular weight is 205 g/mol. The standard InChI is InChI=1S/C9H8F3O2/c1-2-13-7-3-5-8(6-4-7)14-9(10,11)12/h3,5-6H,2H2,1H3. The van der Waals surface area contributed by atoms with Gasteiger partial charge in [-0.1, -0.05) is 0 Å². The van der Waals surface area contributed by atoms with Crippen LogP contribution in [0.4, 0.5) is 13.2 Å². The Morgan fingerprint density at radius 1 is 1.36 bits per heavy atom. The lowest BCUT2D eigenvalue weighted by Crippen LogP contribution is -2.16. The molecule has 14 heavy (non-hydrogen) atoms. The third-order valence-electron chi connectivity index (χ3n) is 1.29. The van der Waals surface area contributed by atoms with Crippen LogP contribution in [0.15, 0.2) is 18.2 Å². The molecular formula is C9H8F3O2. The fourth-order valence-electron chi connectivity index (χ4n) is 0.839. The lowest BCUT2D eigenvalue weighted by atomic mass is 10.3. The maximum absolute atomic E-state index is 11.7. The number of halogens is 3. The van der Waals surface area contributed by atoms with Crippen molar-refractivity contribution in [2.45, 2.75) is 13.3 Å². The third kappa shape index (κ3) is 3.55. The molecule has 0 atom stereocenters. The van der Waals surface area contributed by atoms with Crippen LogP contribution in [-0.4, -0.2) is 13.0 Å². The van der Waals surface area contributed by atoms with Crippen molar-refractivity contribution in [3.05, 3.63) is 24.3 Å². The van der Waals surface area contributed by atoms with E-state index in [1.807, 2.05) is 0 Å². The van der Waals surface area contributed by atoms with E-state index in [-0.39, 0.29) is 5.75 Å². The number of benzene rings is 1. The van der Waals surface area contributed by atoms with Crippen LogP contribution in [0.2, 0.25) is 0 Å². The van der Waals surface area contributed by atoms with Gasteiger partial charge in [0.15, 0.2) is 0 Å². The SMILES string of the molecule is CCOc1[c]cc(OC(F)(F)F)cc1. The van der Waals surface area contributed by atoms with Crippen LogP contribution >= 0.6 is 0 Å². The van der Waals surface area contributed by atoms with E-state index >= 15 is 0 Å². The molecule has 0 fully saturated rings. The van der Waals surface area contributed by atoms with Gasteiger partial charge in [0.1, 0.15) is 11.5 Å². The molecule has 0 aliphatic heterocycles. The molecule has 2 nitrogen and oxygen atoms in total. The van der Waals surface area contributed by atoms with Crippen LogP contribution in [0.1, 0.15) is 6.92 Å². The van der Waals surface area contributed by atoms with E-state index in [1.165, 1.54) is 12.1 Å². The second kappa shape index (κ2) is 4.21. The van der Waals surface area contributed by atoms with Crippen molar-refractivity contribution in [2.75, 3.05) is 6.61 Å². The van der Waals surface area contributed by atoms with Crippen molar-refractivity contribution < 1.29 is 22.6 Å². The lowest BCUT2D eigenvalue weighted by molar-refractivity contribution is -0.274. The highest BCUT2D eigenvalue weighted by molar-refractivity contribution is 5.30. The summed E-state index contributed by atoms with van der Waals surface area (Å²) in [5.41, 5.74) is 0. The highest BCUT2D eigenvalue weighted by atomic mass is 19.4. The number of hydrogen-bond donors (Lipinski definition) is 0. The predicted molar refractivity (Wildman–Crippen MR) is 43.1 cm³/mol. The normalized spacial score (nSPS) is 11.1. The Morgan fingerprint density at radius 2 is 2.07 bits per heavy atom. The summed E-state index contributed by atoms with van der Waals surface area (Å²) in [5, 5.41) is 0. The number of rotatable bonds is 3. The molecule has 0 aromatic heterocycles. The van der Waals surface area contributed by atoms with Crippen LogP contribution in [0.5, 0.6) is 11.5 Å². The Kier molecular flexibility index (Phi) is 3.22. The van der Waals surface area contributed by atoms with Crippen LogP contribution in [0, 0.1) is 6.07 Å². The first-order chi connectivity index (χ1) is 6.51. The topological polar surface area (TPSA) is 18.5 Å². The Balaban J connectivity index is 2.64. The van der Waals surface area contributed by atoms with Crippen molar-refractivity contribution in [1.82, 2.24) is 0 Å². The second-order valence-corrected chi connectivity index (χ2v) is 2.37. The van der Waals surface area contributed by atoms with Crippen LogP contribution in [-0.2, 0) is 0 Å². The zero-order chi connectivity index (χ0) is 10.6. The van der Waals surface area contributed by atoms with Crippen LogP contribution in [0.3, 0.4) is 0 Å². The van der Waals surface area contributed by atoms with Gasteiger partial charge in [0.2, 0.25) is 0 Å². The van der Waals surface area contributed by atoms with Gasteiger partial charge in [-0.2, -0.15) is 0 Å². The Labute approximate surface area is 79.2 Å². The van der Waals surface area contributed by atoms with E-state index in [0.29, 0.717) is 12.4 Å². The predicted octanol–water partition coefficient (Wildman–Crippen LogP) is 2.78. The smallest absolute Gasteiger partial charge is 0.493 e. The molecule has 0 saturated heterocycles. The molecule has 1 aromatic carbocycles. The molecule has 0 aliphatic carbocycles. The van der Waals surface area contributed by atoms with Gasteiger partial charge in [-0.05, 0) is 25.1 Å². The molecule has 0 heterocycles. The number of ether oxygens (including phenoxy) is 2. The number of alkyl halides is 3. The minimum Gasteiger partial charge on any atom is -0.493 e. The van der Waals surface area contributed by atoms with E-state index in [1.54, 1.807) is 6.92 Å².